The molecule has 0 saturated carbocycles. The number of hydrogen-bond donors (Lipinski definition) is 0. The van der Waals surface area contributed by atoms with Gasteiger partial charge in [0.15, 0.2) is 0 Å². The van der Waals surface area contributed by atoms with Gasteiger partial charge in [0.1, 0.15) is 5.15 Å². The molecular weight excluding hydrogens is 363 g/mol. The Hall–Kier alpha value is -0.330. The molecule has 1 aliphatic rings. The second kappa shape index (κ2) is 7.31. The predicted molar refractivity (Wildman–Crippen MR) is 85.9 cm³/mol. The van der Waals surface area contributed by atoms with Gasteiger partial charge in [0.2, 0.25) is 0 Å². The second-order valence-corrected chi connectivity index (χ2v) is 4.14. The first-order valence-corrected chi connectivity index (χ1v) is 6.43. The Morgan fingerprint density at radius 1 is 1.44 bits per heavy atom. The number of hydrogen-bond acceptors (Lipinski definition) is 2. The van der Waals surface area contributed by atoms with Gasteiger partial charge in [0.05, 0.1) is 11.6 Å². The zero-order valence-corrected chi connectivity index (χ0v) is 13.7. The predicted octanol–water partition coefficient (Wildman–Crippen LogP) is 4.12. The van der Waals surface area contributed by atoms with Crippen LogP contribution >= 0.6 is 35.6 Å². The van der Waals surface area contributed by atoms with Gasteiger partial charge < -0.3 is 9.30 Å². The average Bonchev–Trinajstić information content (AvgIpc) is 2.71. The molecule has 0 radical (unpaired) electrons. The van der Waals surface area contributed by atoms with Crippen molar-refractivity contribution >= 4 is 46.5 Å². The zero-order chi connectivity index (χ0) is 12.3. The van der Waals surface area contributed by atoms with Gasteiger partial charge in [-0.2, -0.15) is 0 Å². The van der Waals surface area contributed by atoms with Crippen LogP contribution in [0.2, 0.25) is 5.15 Å². The number of aromatic nitrogens is 2. The molecule has 2 aromatic rings. The first-order valence-electron chi connectivity index (χ1n) is 6.05. The Morgan fingerprint density at radius 3 is 2.78 bits per heavy atom. The molecule has 1 atom stereocenters. The van der Waals surface area contributed by atoms with Crippen molar-refractivity contribution in [3.8, 4) is 0 Å². The van der Waals surface area contributed by atoms with Crippen molar-refractivity contribution in [3.63, 3.8) is 0 Å². The van der Waals surface area contributed by atoms with E-state index in [0.717, 1.165) is 30.5 Å². The number of nitrogens with zero attached hydrogens (tertiary/aromatic N) is 2. The fourth-order valence-corrected chi connectivity index (χ4v) is 2.11. The fourth-order valence-electron chi connectivity index (χ4n) is 1.89. The standard InChI is InChI=1S/C11H11ClN2O.C2H6.HI/c12-11-9-2-5-14(7-8-3-6-15-8)10(9)1-4-13-11;1-2;/h1-2,4-5,8H,3,6-7H2;1-2H3;1H. The minimum Gasteiger partial charge on any atom is -0.376 e. The number of halogens is 2. The Balaban J connectivity index is 0.000000516. The summed E-state index contributed by atoms with van der Waals surface area (Å²) in [5, 5.41) is 1.58. The van der Waals surface area contributed by atoms with Crippen molar-refractivity contribution in [2.75, 3.05) is 6.61 Å². The first-order chi connectivity index (χ1) is 8.34. The van der Waals surface area contributed by atoms with E-state index >= 15 is 0 Å². The molecule has 3 heterocycles. The van der Waals surface area contributed by atoms with Crippen molar-refractivity contribution in [1.82, 2.24) is 9.55 Å². The molecule has 2 aromatic heterocycles. The van der Waals surface area contributed by atoms with Gasteiger partial charge in [-0.25, -0.2) is 4.98 Å². The van der Waals surface area contributed by atoms with Gasteiger partial charge in [0, 0.05) is 30.9 Å². The van der Waals surface area contributed by atoms with Gasteiger partial charge >= 0.3 is 0 Å². The second-order valence-electron chi connectivity index (χ2n) is 3.78. The topological polar surface area (TPSA) is 27.1 Å². The highest BCUT2D eigenvalue weighted by Gasteiger charge is 2.19. The van der Waals surface area contributed by atoms with Crippen LogP contribution < -0.4 is 0 Å². The van der Waals surface area contributed by atoms with Gasteiger partial charge in [-0.3, -0.25) is 0 Å². The number of rotatable bonds is 2. The SMILES string of the molecule is CC.Clc1nccc2c1ccn2CC1CCO1.I. The highest BCUT2D eigenvalue weighted by atomic mass is 127. The molecule has 0 spiro atoms. The normalized spacial score (nSPS) is 17.4. The smallest absolute Gasteiger partial charge is 0.138 e. The van der Waals surface area contributed by atoms with Crippen LogP contribution in [0, 0.1) is 0 Å². The Labute approximate surface area is 130 Å². The van der Waals surface area contributed by atoms with E-state index in [4.69, 9.17) is 16.3 Å². The molecule has 3 nitrogen and oxygen atoms in total. The summed E-state index contributed by atoms with van der Waals surface area (Å²) in [5.41, 5.74) is 1.13. The van der Waals surface area contributed by atoms with Crippen LogP contribution in [0.1, 0.15) is 20.3 Å². The Morgan fingerprint density at radius 2 is 2.17 bits per heavy atom. The van der Waals surface area contributed by atoms with E-state index in [1.54, 1.807) is 6.20 Å². The molecular formula is C13H18ClIN2O. The highest BCUT2D eigenvalue weighted by molar-refractivity contribution is 14.0. The lowest BCUT2D eigenvalue weighted by Gasteiger charge is -2.27. The fraction of sp³-hybridized carbons (Fsp3) is 0.462. The molecule has 1 saturated heterocycles. The minimum absolute atomic E-state index is 0. The third-order valence-corrected chi connectivity index (χ3v) is 3.14. The van der Waals surface area contributed by atoms with E-state index in [1.165, 1.54) is 0 Å². The molecule has 0 aromatic carbocycles. The lowest BCUT2D eigenvalue weighted by Crippen LogP contribution is -2.30. The van der Waals surface area contributed by atoms with Crippen molar-refractivity contribution in [2.45, 2.75) is 32.9 Å². The maximum Gasteiger partial charge on any atom is 0.138 e. The van der Waals surface area contributed by atoms with E-state index in [1.807, 2.05) is 32.2 Å². The van der Waals surface area contributed by atoms with Crippen LogP contribution in [0.3, 0.4) is 0 Å². The van der Waals surface area contributed by atoms with Crippen LogP contribution in [0.15, 0.2) is 24.5 Å². The molecule has 0 bridgehead atoms. The van der Waals surface area contributed by atoms with Crippen molar-refractivity contribution in [2.24, 2.45) is 0 Å². The largest absolute Gasteiger partial charge is 0.376 e. The maximum absolute atomic E-state index is 6.00. The first kappa shape index (κ1) is 15.7. The molecule has 0 aliphatic carbocycles. The van der Waals surface area contributed by atoms with E-state index < -0.39 is 0 Å². The Bertz CT molecular complexity index is 497. The van der Waals surface area contributed by atoms with E-state index in [2.05, 4.69) is 9.55 Å². The van der Waals surface area contributed by atoms with Gasteiger partial charge in [0.25, 0.3) is 0 Å². The third kappa shape index (κ3) is 3.16. The number of ether oxygens (including phenoxy) is 1. The minimum atomic E-state index is 0. The molecule has 18 heavy (non-hydrogen) atoms. The monoisotopic (exact) mass is 380 g/mol. The summed E-state index contributed by atoms with van der Waals surface area (Å²) in [6.45, 7) is 5.80. The van der Waals surface area contributed by atoms with E-state index in [0.29, 0.717) is 11.3 Å². The molecule has 3 rings (SSSR count). The quantitative estimate of drug-likeness (QED) is 0.579. The van der Waals surface area contributed by atoms with Crippen molar-refractivity contribution in [3.05, 3.63) is 29.7 Å². The van der Waals surface area contributed by atoms with Crippen LogP contribution in [-0.4, -0.2) is 22.3 Å². The van der Waals surface area contributed by atoms with Crippen molar-refractivity contribution < 1.29 is 4.74 Å². The number of pyridine rings is 1. The molecule has 100 valence electrons. The van der Waals surface area contributed by atoms with Crippen LogP contribution in [-0.2, 0) is 11.3 Å². The van der Waals surface area contributed by atoms with Crippen LogP contribution in [0.5, 0.6) is 0 Å². The van der Waals surface area contributed by atoms with Gasteiger partial charge in [-0.15, -0.1) is 24.0 Å². The zero-order valence-electron chi connectivity index (χ0n) is 10.6. The van der Waals surface area contributed by atoms with E-state index in [-0.39, 0.29) is 24.0 Å². The molecule has 1 fully saturated rings. The molecule has 5 heteroatoms. The highest BCUT2D eigenvalue weighted by Crippen LogP contribution is 2.23. The lowest BCUT2D eigenvalue weighted by molar-refractivity contribution is -0.0586. The summed E-state index contributed by atoms with van der Waals surface area (Å²) in [4.78, 5) is 4.05. The van der Waals surface area contributed by atoms with E-state index in [9.17, 15) is 0 Å². The van der Waals surface area contributed by atoms with Crippen LogP contribution in [0.25, 0.3) is 10.9 Å². The maximum atomic E-state index is 6.00. The lowest BCUT2D eigenvalue weighted by atomic mass is 10.2. The molecule has 1 unspecified atom stereocenters. The van der Waals surface area contributed by atoms with Crippen LogP contribution in [0.4, 0.5) is 0 Å². The summed E-state index contributed by atoms with van der Waals surface area (Å²) in [7, 11) is 0. The average molecular weight is 381 g/mol. The third-order valence-electron chi connectivity index (χ3n) is 2.84. The summed E-state index contributed by atoms with van der Waals surface area (Å²) >= 11 is 6.00. The summed E-state index contributed by atoms with van der Waals surface area (Å²) in [6, 6.07) is 3.99. The summed E-state index contributed by atoms with van der Waals surface area (Å²) in [5.74, 6) is 0. The number of fused-ring (bicyclic) bond motifs is 1. The van der Waals surface area contributed by atoms with Crippen molar-refractivity contribution in [1.29, 1.82) is 0 Å². The molecule has 0 amide bonds. The summed E-state index contributed by atoms with van der Waals surface area (Å²) < 4.78 is 7.59. The molecule has 0 N–H and O–H groups in total. The molecule has 1 aliphatic heterocycles. The Kier molecular flexibility index (Phi) is 6.38. The summed E-state index contributed by atoms with van der Waals surface area (Å²) in [6.07, 6.45) is 5.30. The van der Waals surface area contributed by atoms with Gasteiger partial charge in [-0.05, 0) is 18.6 Å². The van der Waals surface area contributed by atoms with Gasteiger partial charge in [-0.1, -0.05) is 25.4 Å².